The summed E-state index contributed by atoms with van der Waals surface area (Å²) in [5.41, 5.74) is 0.0850. The van der Waals surface area contributed by atoms with Crippen molar-refractivity contribution in [1.82, 2.24) is 9.88 Å². The van der Waals surface area contributed by atoms with Crippen molar-refractivity contribution < 1.29 is 19.7 Å². The largest absolute Gasteiger partial charge is 0.496 e. The Kier molecular flexibility index (Phi) is 5.46. The molecule has 2 heterocycles. The van der Waals surface area contributed by atoms with Crippen LogP contribution in [-0.2, 0) is 10.4 Å². The number of aliphatic carboxylic acids is 1. The first-order valence-electron chi connectivity index (χ1n) is 8.39. The molecule has 0 amide bonds. The van der Waals surface area contributed by atoms with E-state index >= 15 is 0 Å². The van der Waals surface area contributed by atoms with Gasteiger partial charge in [-0.15, -0.1) is 0 Å². The lowest BCUT2D eigenvalue weighted by Gasteiger charge is -2.40. The molecule has 7 heteroatoms. The van der Waals surface area contributed by atoms with Crippen LogP contribution in [0.2, 0.25) is 5.02 Å². The molecule has 6 nitrogen and oxygen atoms in total. The summed E-state index contributed by atoms with van der Waals surface area (Å²) in [5, 5.41) is 21.2. The minimum absolute atomic E-state index is 0.399. The summed E-state index contributed by atoms with van der Waals surface area (Å²) >= 11 is 6.07. The molecule has 1 aliphatic rings. The smallest absolute Gasteiger partial charge is 0.325 e. The van der Waals surface area contributed by atoms with Crippen molar-refractivity contribution in [3.8, 4) is 5.75 Å². The minimum atomic E-state index is -1.04. The Morgan fingerprint density at radius 3 is 2.62 bits per heavy atom. The van der Waals surface area contributed by atoms with Crippen LogP contribution in [0.4, 0.5) is 0 Å². The van der Waals surface area contributed by atoms with Gasteiger partial charge in [0.15, 0.2) is 0 Å². The van der Waals surface area contributed by atoms with Crippen molar-refractivity contribution >= 4 is 17.6 Å². The molecule has 0 bridgehead atoms. The maximum atomic E-state index is 12.0. The van der Waals surface area contributed by atoms with E-state index in [4.69, 9.17) is 16.3 Å². The third-order valence-electron chi connectivity index (χ3n) is 4.85. The molecule has 3 rings (SSSR count). The fourth-order valence-electron chi connectivity index (χ4n) is 3.45. The van der Waals surface area contributed by atoms with Crippen molar-refractivity contribution in [3.05, 3.63) is 58.9 Å². The summed E-state index contributed by atoms with van der Waals surface area (Å²) in [7, 11) is 1.50. The van der Waals surface area contributed by atoms with Gasteiger partial charge >= 0.3 is 5.97 Å². The zero-order valence-corrected chi connectivity index (χ0v) is 15.2. The molecule has 0 radical (unpaired) electrons. The quantitative estimate of drug-likeness (QED) is 0.835. The van der Waals surface area contributed by atoms with E-state index in [1.165, 1.54) is 7.11 Å². The number of nitrogens with zero attached hydrogens (tertiary/aromatic N) is 2. The van der Waals surface area contributed by atoms with E-state index in [0.29, 0.717) is 48.0 Å². The van der Waals surface area contributed by atoms with E-state index in [1.54, 1.807) is 36.5 Å². The summed E-state index contributed by atoms with van der Waals surface area (Å²) in [6.45, 7) is 0.833. The monoisotopic (exact) mass is 376 g/mol. The maximum absolute atomic E-state index is 12.0. The van der Waals surface area contributed by atoms with Gasteiger partial charge in [0.05, 0.1) is 12.8 Å². The number of methoxy groups -OCH3 is 1. The molecule has 1 unspecified atom stereocenters. The van der Waals surface area contributed by atoms with E-state index in [-0.39, 0.29) is 0 Å². The van der Waals surface area contributed by atoms with Crippen LogP contribution >= 0.6 is 11.6 Å². The van der Waals surface area contributed by atoms with Crippen LogP contribution in [0.25, 0.3) is 0 Å². The van der Waals surface area contributed by atoms with E-state index in [0.717, 1.165) is 0 Å². The lowest BCUT2D eigenvalue weighted by Crippen LogP contribution is -2.46. The second kappa shape index (κ2) is 7.61. The Bertz CT molecular complexity index is 776. The Balaban J connectivity index is 1.84. The number of aliphatic hydroxyl groups is 1. The molecule has 0 aliphatic carbocycles. The van der Waals surface area contributed by atoms with E-state index < -0.39 is 17.6 Å². The van der Waals surface area contributed by atoms with Crippen LogP contribution in [0.3, 0.4) is 0 Å². The highest BCUT2D eigenvalue weighted by Gasteiger charge is 2.40. The van der Waals surface area contributed by atoms with Gasteiger partial charge < -0.3 is 14.9 Å². The Hall–Kier alpha value is -2.15. The highest BCUT2D eigenvalue weighted by molar-refractivity contribution is 6.30. The molecule has 138 valence electrons. The number of carbonyl (C=O) groups is 1. The van der Waals surface area contributed by atoms with Gasteiger partial charge in [0.1, 0.15) is 17.4 Å². The minimum Gasteiger partial charge on any atom is -0.496 e. The van der Waals surface area contributed by atoms with Crippen LogP contribution in [-0.4, -0.2) is 46.3 Å². The van der Waals surface area contributed by atoms with Gasteiger partial charge in [-0.25, -0.2) is 0 Å². The van der Waals surface area contributed by atoms with E-state index in [9.17, 15) is 15.0 Å². The van der Waals surface area contributed by atoms with Gasteiger partial charge in [0.25, 0.3) is 0 Å². The summed E-state index contributed by atoms with van der Waals surface area (Å²) in [6.07, 6.45) is 2.45. The van der Waals surface area contributed by atoms with Gasteiger partial charge in [-0.05, 0) is 43.2 Å². The normalized spacial score (nSPS) is 18.3. The topological polar surface area (TPSA) is 82.9 Å². The number of rotatable bonds is 5. The first-order chi connectivity index (χ1) is 12.4. The van der Waals surface area contributed by atoms with Gasteiger partial charge in [0, 0.05) is 29.9 Å². The number of hydrogen-bond donors (Lipinski definition) is 2. The van der Waals surface area contributed by atoms with Crippen molar-refractivity contribution in [3.63, 3.8) is 0 Å². The van der Waals surface area contributed by atoms with Crippen LogP contribution in [0.15, 0.2) is 42.6 Å². The average molecular weight is 377 g/mol. The van der Waals surface area contributed by atoms with Crippen LogP contribution < -0.4 is 4.74 Å². The van der Waals surface area contributed by atoms with Crippen LogP contribution in [0.1, 0.15) is 30.1 Å². The zero-order valence-electron chi connectivity index (χ0n) is 14.4. The fourth-order valence-corrected chi connectivity index (χ4v) is 3.63. The third-order valence-corrected chi connectivity index (χ3v) is 5.09. The van der Waals surface area contributed by atoms with Crippen molar-refractivity contribution in [2.75, 3.05) is 20.2 Å². The molecule has 1 atom stereocenters. The zero-order chi connectivity index (χ0) is 18.7. The van der Waals surface area contributed by atoms with E-state index in [1.807, 2.05) is 11.0 Å². The summed E-state index contributed by atoms with van der Waals surface area (Å²) in [6, 6.07) is 9.50. The number of likely N-dealkylation sites (tertiary alicyclic amines) is 1. The summed E-state index contributed by atoms with van der Waals surface area (Å²) in [5.74, 6) is -0.499. The van der Waals surface area contributed by atoms with Crippen LogP contribution in [0.5, 0.6) is 5.75 Å². The molecule has 1 aliphatic heterocycles. The molecule has 1 aromatic heterocycles. The van der Waals surface area contributed by atoms with Crippen molar-refractivity contribution in [2.24, 2.45) is 0 Å². The van der Waals surface area contributed by atoms with Crippen LogP contribution in [0, 0.1) is 0 Å². The van der Waals surface area contributed by atoms with E-state index in [2.05, 4.69) is 4.98 Å². The number of ether oxygens (including phenoxy) is 1. The van der Waals surface area contributed by atoms with Crippen molar-refractivity contribution in [2.45, 2.75) is 24.5 Å². The molecule has 26 heavy (non-hydrogen) atoms. The number of carboxylic acid groups (broad SMARTS) is 1. The van der Waals surface area contributed by atoms with Crippen molar-refractivity contribution in [1.29, 1.82) is 0 Å². The molecule has 2 aromatic rings. The second-order valence-electron chi connectivity index (χ2n) is 6.41. The fraction of sp³-hybridized carbons (Fsp3) is 0.368. The molecular formula is C19H21ClN2O4. The molecule has 1 aromatic carbocycles. The molecule has 1 saturated heterocycles. The van der Waals surface area contributed by atoms with Gasteiger partial charge in [0.2, 0.25) is 0 Å². The highest BCUT2D eigenvalue weighted by Crippen LogP contribution is 2.38. The number of carboxylic acids is 1. The number of pyridine rings is 1. The number of piperidine rings is 1. The second-order valence-corrected chi connectivity index (χ2v) is 6.85. The Morgan fingerprint density at radius 2 is 2.04 bits per heavy atom. The molecule has 2 N–H and O–H groups in total. The summed E-state index contributed by atoms with van der Waals surface area (Å²) in [4.78, 5) is 18.1. The standard InChI is InChI=1S/C19H21ClN2O4/c1-26-15-6-5-13(20)12-14(15)17(18(23)24)22-10-7-19(25,8-11-22)16-4-2-3-9-21-16/h2-6,9,12,17,25H,7-8,10-11H2,1H3,(H,23,24). The molecule has 0 saturated carbocycles. The maximum Gasteiger partial charge on any atom is 0.325 e. The van der Waals surface area contributed by atoms with Gasteiger partial charge in [-0.2, -0.15) is 0 Å². The summed E-state index contributed by atoms with van der Waals surface area (Å²) < 4.78 is 5.32. The lowest BCUT2D eigenvalue weighted by atomic mass is 9.86. The highest BCUT2D eigenvalue weighted by atomic mass is 35.5. The average Bonchev–Trinajstić information content (AvgIpc) is 2.64. The third kappa shape index (κ3) is 3.67. The first kappa shape index (κ1) is 18.6. The molecule has 0 spiro atoms. The Morgan fingerprint density at radius 1 is 1.31 bits per heavy atom. The Labute approximate surface area is 157 Å². The predicted octanol–water partition coefficient (Wildman–Crippen LogP) is 2.85. The van der Waals surface area contributed by atoms with Gasteiger partial charge in [-0.3, -0.25) is 14.7 Å². The number of halogens is 1. The SMILES string of the molecule is COc1ccc(Cl)cc1C(C(=O)O)N1CCC(O)(c2ccccn2)CC1. The number of benzene rings is 1. The number of hydrogen-bond acceptors (Lipinski definition) is 5. The van der Waals surface area contributed by atoms with Gasteiger partial charge in [-0.1, -0.05) is 17.7 Å². The molecule has 1 fully saturated rings. The molecular weight excluding hydrogens is 356 g/mol. The number of aromatic nitrogens is 1. The lowest BCUT2D eigenvalue weighted by molar-refractivity contribution is -0.146. The first-order valence-corrected chi connectivity index (χ1v) is 8.76. The predicted molar refractivity (Wildman–Crippen MR) is 97.3 cm³/mol.